The van der Waals surface area contributed by atoms with E-state index in [0.717, 1.165) is 5.76 Å². The summed E-state index contributed by atoms with van der Waals surface area (Å²) in [4.78, 5) is 4.09. The fraction of sp³-hybridized carbons (Fsp3) is 0.400. The molecular weight excluding hydrogens is 194 g/mol. The largest absolute Gasteiger partial charge is 0.468 e. The van der Waals surface area contributed by atoms with E-state index in [1.54, 1.807) is 13.2 Å². The van der Waals surface area contributed by atoms with Crippen LogP contribution in [0.4, 0.5) is 0 Å². The third-order valence-corrected chi connectivity index (χ3v) is 2.11. The van der Waals surface area contributed by atoms with Crippen molar-refractivity contribution in [2.45, 2.75) is 26.4 Å². The highest BCUT2D eigenvalue weighted by Gasteiger charge is 2.09. The standard InChI is InChI=1S/C10H13N3O2/c1-7(9-4-3-5-14-9)11-6-10-12-8(2)15-13-10/h3-5,7,11H,6H2,1-2H3. The Labute approximate surface area is 87.5 Å². The van der Waals surface area contributed by atoms with Crippen LogP contribution in [-0.2, 0) is 6.54 Å². The van der Waals surface area contributed by atoms with E-state index >= 15 is 0 Å². The Morgan fingerprint density at radius 2 is 2.40 bits per heavy atom. The van der Waals surface area contributed by atoms with Crippen LogP contribution >= 0.6 is 0 Å². The van der Waals surface area contributed by atoms with Crippen molar-refractivity contribution in [2.24, 2.45) is 0 Å². The first kappa shape index (κ1) is 9.92. The molecule has 0 radical (unpaired) electrons. The van der Waals surface area contributed by atoms with E-state index in [2.05, 4.69) is 15.5 Å². The Kier molecular flexibility index (Phi) is 2.82. The molecule has 2 heterocycles. The number of hydrogen-bond acceptors (Lipinski definition) is 5. The fourth-order valence-corrected chi connectivity index (χ4v) is 1.30. The molecule has 15 heavy (non-hydrogen) atoms. The molecule has 80 valence electrons. The summed E-state index contributed by atoms with van der Waals surface area (Å²) in [6.07, 6.45) is 1.66. The normalized spacial score (nSPS) is 12.9. The summed E-state index contributed by atoms with van der Waals surface area (Å²) in [6, 6.07) is 3.93. The van der Waals surface area contributed by atoms with Crippen LogP contribution in [0.5, 0.6) is 0 Å². The Morgan fingerprint density at radius 3 is 3.00 bits per heavy atom. The SMILES string of the molecule is Cc1nc(CNC(C)c2ccco2)no1. The second kappa shape index (κ2) is 4.27. The monoisotopic (exact) mass is 207 g/mol. The number of hydrogen-bond donors (Lipinski definition) is 1. The summed E-state index contributed by atoms with van der Waals surface area (Å²) in [5.74, 6) is 2.14. The minimum Gasteiger partial charge on any atom is -0.468 e. The Morgan fingerprint density at radius 1 is 1.53 bits per heavy atom. The lowest BCUT2D eigenvalue weighted by Crippen LogP contribution is -2.18. The van der Waals surface area contributed by atoms with Crippen molar-refractivity contribution < 1.29 is 8.94 Å². The maximum Gasteiger partial charge on any atom is 0.223 e. The molecule has 0 aliphatic carbocycles. The van der Waals surface area contributed by atoms with Crippen LogP contribution in [0.2, 0.25) is 0 Å². The van der Waals surface area contributed by atoms with Crippen molar-refractivity contribution in [3.63, 3.8) is 0 Å². The zero-order valence-electron chi connectivity index (χ0n) is 8.73. The molecule has 1 N–H and O–H groups in total. The molecule has 1 atom stereocenters. The third-order valence-electron chi connectivity index (χ3n) is 2.11. The minimum atomic E-state index is 0.138. The van der Waals surface area contributed by atoms with Crippen LogP contribution in [0.3, 0.4) is 0 Å². The first-order valence-electron chi connectivity index (χ1n) is 4.81. The number of furan rings is 1. The Balaban J connectivity index is 1.88. The second-order valence-corrected chi connectivity index (χ2v) is 3.35. The molecule has 2 aromatic heterocycles. The van der Waals surface area contributed by atoms with Crippen LogP contribution in [0.1, 0.15) is 30.4 Å². The fourth-order valence-electron chi connectivity index (χ4n) is 1.30. The molecule has 0 saturated carbocycles. The first-order valence-corrected chi connectivity index (χ1v) is 4.81. The topological polar surface area (TPSA) is 64.1 Å². The molecule has 5 heteroatoms. The summed E-state index contributed by atoms with van der Waals surface area (Å²) >= 11 is 0. The van der Waals surface area contributed by atoms with Gasteiger partial charge < -0.3 is 14.3 Å². The molecule has 0 amide bonds. The molecule has 0 aliphatic heterocycles. The van der Waals surface area contributed by atoms with Crippen molar-refractivity contribution in [3.05, 3.63) is 35.9 Å². The Hall–Kier alpha value is -1.62. The molecule has 0 bridgehead atoms. The van der Waals surface area contributed by atoms with E-state index in [0.29, 0.717) is 18.3 Å². The summed E-state index contributed by atoms with van der Waals surface area (Å²) in [7, 11) is 0. The number of aryl methyl sites for hydroxylation is 1. The van der Waals surface area contributed by atoms with Crippen LogP contribution in [0, 0.1) is 6.92 Å². The van der Waals surface area contributed by atoms with Gasteiger partial charge in [0.15, 0.2) is 5.82 Å². The van der Waals surface area contributed by atoms with E-state index < -0.39 is 0 Å². The average Bonchev–Trinajstić information content (AvgIpc) is 2.84. The highest BCUT2D eigenvalue weighted by Crippen LogP contribution is 2.12. The van der Waals surface area contributed by atoms with Gasteiger partial charge >= 0.3 is 0 Å². The zero-order valence-corrected chi connectivity index (χ0v) is 8.73. The maximum atomic E-state index is 5.26. The molecule has 0 fully saturated rings. The molecule has 1 unspecified atom stereocenters. The molecule has 0 aromatic carbocycles. The lowest BCUT2D eigenvalue weighted by atomic mass is 10.2. The number of nitrogens with one attached hydrogen (secondary N) is 1. The van der Waals surface area contributed by atoms with Gasteiger partial charge in [-0.3, -0.25) is 0 Å². The van der Waals surface area contributed by atoms with E-state index in [1.807, 2.05) is 19.1 Å². The van der Waals surface area contributed by atoms with Gasteiger partial charge in [0.1, 0.15) is 5.76 Å². The van der Waals surface area contributed by atoms with Crippen molar-refractivity contribution in [3.8, 4) is 0 Å². The van der Waals surface area contributed by atoms with Crippen LogP contribution in [0.15, 0.2) is 27.3 Å². The predicted molar refractivity (Wildman–Crippen MR) is 53.0 cm³/mol. The third kappa shape index (κ3) is 2.44. The van der Waals surface area contributed by atoms with E-state index in [1.165, 1.54) is 0 Å². The zero-order chi connectivity index (χ0) is 10.7. The van der Waals surface area contributed by atoms with Gasteiger partial charge in [-0.2, -0.15) is 4.98 Å². The summed E-state index contributed by atoms with van der Waals surface area (Å²) in [5.41, 5.74) is 0. The molecule has 0 aliphatic rings. The van der Waals surface area contributed by atoms with Gasteiger partial charge in [0.05, 0.1) is 18.8 Å². The lowest BCUT2D eigenvalue weighted by Gasteiger charge is -2.08. The van der Waals surface area contributed by atoms with Gasteiger partial charge in [0, 0.05) is 6.92 Å². The molecule has 0 spiro atoms. The van der Waals surface area contributed by atoms with E-state index in [9.17, 15) is 0 Å². The van der Waals surface area contributed by atoms with Gasteiger partial charge in [0.25, 0.3) is 0 Å². The van der Waals surface area contributed by atoms with Gasteiger partial charge in [-0.05, 0) is 19.1 Å². The van der Waals surface area contributed by atoms with Gasteiger partial charge in [-0.1, -0.05) is 5.16 Å². The van der Waals surface area contributed by atoms with E-state index in [-0.39, 0.29) is 6.04 Å². The molecule has 0 saturated heterocycles. The second-order valence-electron chi connectivity index (χ2n) is 3.35. The van der Waals surface area contributed by atoms with Crippen molar-refractivity contribution in [2.75, 3.05) is 0 Å². The molecule has 2 rings (SSSR count). The van der Waals surface area contributed by atoms with Crippen molar-refractivity contribution in [1.82, 2.24) is 15.5 Å². The average molecular weight is 207 g/mol. The maximum absolute atomic E-state index is 5.26. The van der Waals surface area contributed by atoms with Gasteiger partial charge in [0.2, 0.25) is 5.89 Å². The molecule has 2 aromatic rings. The van der Waals surface area contributed by atoms with Crippen LogP contribution in [0.25, 0.3) is 0 Å². The Bertz CT molecular complexity index is 408. The van der Waals surface area contributed by atoms with Crippen LogP contribution in [-0.4, -0.2) is 10.1 Å². The summed E-state index contributed by atoms with van der Waals surface area (Å²) in [6.45, 7) is 4.36. The van der Waals surface area contributed by atoms with Crippen LogP contribution < -0.4 is 5.32 Å². The van der Waals surface area contributed by atoms with Gasteiger partial charge in [-0.15, -0.1) is 0 Å². The first-order chi connectivity index (χ1) is 7.25. The van der Waals surface area contributed by atoms with Crippen molar-refractivity contribution >= 4 is 0 Å². The number of aromatic nitrogens is 2. The smallest absolute Gasteiger partial charge is 0.223 e. The lowest BCUT2D eigenvalue weighted by molar-refractivity contribution is 0.380. The quantitative estimate of drug-likeness (QED) is 0.828. The minimum absolute atomic E-state index is 0.138. The molecule has 5 nitrogen and oxygen atoms in total. The highest BCUT2D eigenvalue weighted by atomic mass is 16.5. The molecular formula is C10H13N3O2. The van der Waals surface area contributed by atoms with Gasteiger partial charge in [-0.25, -0.2) is 0 Å². The summed E-state index contributed by atoms with van der Waals surface area (Å²) < 4.78 is 10.1. The summed E-state index contributed by atoms with van der Waals surface area (Å²) in [5, 5.41) is 7.03. The van der Waals surface area contributed by atoms with E-state index in [4.69, 9.17) is 8.94 Å². The predicted octanol–water partition coefficient (Wildman–Crippen LogP) is 1.82. The van der Waals surface area contributed by atoms with Crippen molar-refractivity contribution in [1.29, 1.82) is 0 Å². The highest BCUT2D eigenvalue weighted by molar-refractivity contribution is 5.03. The number of nitrogens with zero attached hydrogens (tertiary/aromatic N) is 2. The number of rotatable bonds is 4.